The van der Waals surface area contributed by atoms with Crippen molar-refractivity contribution in [2.75, 3.05) is 24.7 Å². The number of nitrogen functional groups attached to an aromatic ring is 1. The van der Waals surface area contributed by atoms with Gasteiger partial charge in [-0.2, -0.15) is 0 Å². The zero-order chi connectivity index (χ0) is 11.5. The fourth-order valence-corrected chi connectivity index (χ4v) is 1.14. The molecule has 3 N–H and O–H groups in total. The van der Waals surface area contributed by atoms with E-state index in [9.17, 15) is 0 Å². The van der Waals surface area contributed by atoms with Crippen molar-refractivity contribution < 1.29 is 4.74 Å². The van der Waals surface area contributed by atoms with Gasteiger partial charge in [0.1, 0.15) is 0 Å². The number of hydrogen-bond acceptors (Lipinski definition) is 3. The summed E-state index contributed by atoms with van der Waals surface area (Å²) in [4.78, 5) is 0. The van der Waals surface area contributed by atoms with E-state index in [0.29, 0.717) is 0 Å². The molecule has 0 aliphatic carbocycles. The highest BCUT2D eigenvalue weighted by molar-refractivity contribution is 5.58. The zero-order valence-electron chi connectivity index (χ0n) is 9.92. The van der Waals surface area contributed by atoms with Crippen molar-refractivity contribution in [3.05, 3.63) is 23.8 Å². The first-order valence-electron chi connectivity index (χ1n) is 5.10. The largest absolute Gasteiger partial charge is 0.398 e. The highest BCUT2D eigenvalue weighted by Crippen LogP contribution is 2.18. The van der Waals surface area contributed by atoms with Crippen LogP contribution in [0.25, 0.3) is 0 Å². The summed E-state index contributed by atoms with van der Waals surface area (Å²) in [6.07, 6.45) is 0. The third-order valence-electron chi connectivity index (χ3n) is 2.55. The highest BCUT2D eigenvalue weighted by Gasteiger charge is 2.15. The van der Waals surface area contributed by atoms with Crippen molar-refractivity contribution in [2.45, 2.75) is 26.4 Å². The van der Waals surface area contributed by atoms with Gasteiger partial charge in [0, 0.05) is 25.0 Å². The Labute approximate surface area is 91.6 Å². The van der Waals surface area contributed by atoms with Crippen LogP contribution in [-0.4, -0.2) is 19.3 Å². The molecule has 0 unspecified atom stereocenters. The quantitative estimate of drug-likeness (QED) is 0.747. The van der Waals surface area contributed by atoms with Gasteiger partial charge in [0.2, 0.25) is 0 Å². The fourth-order valence-electron chi connectivity index (χ4n) is 1.14. The summed E-state index contributed by atoms with van der Waals surface area (Å²) in [5.41, 5.74) is 8.60. The van der Waals surface area contributed by atoms with E-state index in [4.69, 9.17) is 10.5 Å². The summed E-state index contributed by atoms with van der Waals surface area (Å²) >= 11 is 0. The Morgan fingerprint density at radius 2 is 2.07 bits per heavy atom. The molecule has 0 saturated heterocycles. The summed E-state index contributed by atoms with van der Waals surface area (Å²) in [6, 6.07) is 5.98. The number of aryl methyl sites for hydroxylation is 1. The molecule has 15 heavy (non-hydrogen) atoms. The number of benzene rings is 1. The van der Waals surface area contributed by atoms with E-state index in [0.717, 1.165) is 23.5 Å². The molecule has 0 aliphatic heterocycles. The lowest BCUT2D eigenvalue weighted by Gasteiger charge is -2.23. The first-order chi connectivity index (χ1) is 6.94. The summed E-state index contributed by atoms with van der Waals surface area (Å²) < 4.78 is 5.32. The Hall–Kier alpha value is -1.22. The average molecular weight is 208 g/mol. The molecule has 0 aliphatic rings. The summed E-state index contributed by atoms with van der Waals surface area (Å²) in [7, 11) is 1.71. The molecule has 3 nitrogen and oxygen atoms in total. The normalized spacial score (nSPS) is 11.5. The maximum absolute atomic E-state index is 5.82. The predicted octanol–water partition coefficient (Wildman–Crippen LogP) is 2.41. The van der Waals surface area contributed by atoms with E-state index in [1.54, 1.807) is 7.11 Å². The van der Waals surface area contributed by atoms with Crippen LogP contribution in [0.5, 0.6) is 0 Å². The van der Waals surface area contributed by atoms with Crippen molar-refractivity contribution in [3.63, 3.8) is 0 Å². The minimum atomic E-state index is -0.167. The van der Waals surface area contributed by atoms with Crippen molar-refractivity contribution in [2.24, 2.45) is 0 Å². The number of rotatable bonds is 4. The van der Waals surface area contributed by atoms with E-state index in [1.165, 1.54) is 0 Å². The van der Waals surface area contributed by atoms with Gasteiger partial charge in [-0.25, -0.2) is 0 Å². The number of ether oxygens (including phenoxy) is 1. The van der Waals surface area contributed by atoms with Crippen LogP contribution in [0.1, 0.15) is 19.4 Å². The van der Waals surface area contributed by atoms with Crippen LogP contribution in [0.4, 0.5) is 11.4 Å². The molecule has 0 amide bonds. The molecule has 84 valence electrons. The first kappa shape index (κ1) is 11.9. The molecular weight excluding hydrogens is 188 g/mol. The van der Waals surface area contributed by atoms with Crippen LogP contribution in [0, 0.1) is 6.92 Å². The molecular formula is C12H20N2O. The molecule has 1 aromatic carbocycles. The molecule has 0 bridgehead atoms. The van der Waals surface area contributed by atoms with E-state index in [-0.39, 0.29) is 5.60 Å². The maximum Gasteiger partial charge on any atom is 0.0794 e. The monoisotopic (exact) mass is 208 g/mol. The second-order valence-electron chi connectivity index (χ2n) is 4.39. The predicted molar refractivity (Wildman–Crippen MR) is 65.2 cm³/mol. The number of anilines is 2. The van der Waals surface area contributed by atoms with Crippen molar-refractivity contribution >= 4 is 11.4 Å². The van der Waals surface area contributed by atoms with Crippen LogP contribution in [0.2, 0.25) is 0 Å². The molecule has 1 rings (SSSR count). The molecule has 0 atom stereocenters. The SMILES string of the molecule is COC(C)(C)CNc1ccc(C)c(N)c1. The van der Waals surface area contributed by atoms with Gasteiger partial charge in [0.15, 0.2) is 0 Å². The van der Waals surface area contributed by atoms with Crippen LogP contribution in [0.15, 0.2) is 18.2 Å². The molecule has 0 saturated carbocycles. The second-order valence-corrected chi connectivity index (χ2v) is 4.39. The number of nitrogens with two attached hydrogens (primary N) is 1. The van der Waals surface area contributed by atoms with Crippen molar-refractivity contribution in [1.29, 1.82) is 0 Å². The van der Waals surface area contributed by atoms with Crippen molar-refractivity contribution in [1.82, 2.24) is 0 Å². The third kappa shape index (κ3) is 3.44. The third-order valence-corrected chi connectivity index (χ3v) is 2.55. The van der Waals surface area contributed by atoms with E-state index < -0.39 is 0 Å². The maximum atomic E-state index is 5.82. The van der Waals surface area contributed by atoms with Crippen LogP contribution in [-0.2, 0) is 4.74 Å². The zero-order valence-corrected chi connectivity index (χ0v) is 9.92. The standard InChI is InChI=1S/C12H20N2O/c1-9-5-6-10(7-11(9)13)14-8-12(2,3)15-4/h5-7,14H,8,13H2,1-4H3. The minimum Gasteiger partial charge on any atom is -0.398 e. The van der Waals surface area contributed by atoms with Crippen LogP contribution < -0.4 is 11.1 Å². The van der Waals surface area contributed by atoms with Crippen LogP contribution >= 0.6 is 0 Å². The molecule has 3 heteroatoms. The number of hydrogen-bond donors (Lipinski definition) is 2. The molecule has 0 heterocycles. The lowest BCUT2D eigenvalue weighted by atomic mass is 10.1. The Bertz CT molecular complexity index is 334. The average Bonchev–Trinajstić information content (AvgIpc) is 2.20. The van der Waals surface area contributed by atoms with Gasteiger partial charge in [0.25, 0.3) is 0 Å². The smallest absolute Gasteiger partial charge is 0.0794 e. The van der Waals surface area contributed by atoms with Gasteiger partial charge in [-0.05, 0) is 38.5 Å². The Morgan fingerprint density at radius 3 is 2.60 bits per heavy atom. The summed E-state index contributed by atoms with van der Waals surface area (Å²) in [5.74, 6) is 0. The minimum absolute atomic E-state index is 0.167. The first-order valence-corrected chi connectivity index (χ1v) is 5.10. The molecule has 0 spiro atoms. The van der Waals surface area contributed by atoms with Gasteiger partial charge in [-0.3, -0.25) is 0 Å². The van der Waals surface area contributed by atoms with E-state index in [1.807, 2.05) is 39.0 Å². The Balaban J connectivity index is 2.62. The molecule has 1 aromatic rings. The van der Waals surface area contributed by atoms with Gasteiger partial charge in [-0.1, -0.05) is 6.07 Å². The number of nitrogens with one attached hydrogen (secondary N) is 1. The van der Waals surface area contributed by atoms with Gasteiger partial charge < -0.3 is 15.8 Å². The van der Waals surface area contributed by atoms with Crippen LogP contribution in [0.3, 0.4) is 0 Å². The van der Waals surface area contributed by atoms with Gasteiger partial charge >= 0.3 is 0 Å². The van der Waals surface area contributed by atoms with Crippen molar-refractivity contribution in [3.8, 4) is 0 Å². The second kappa shape index (κ2) is 4.53. The lowest BCUT2D eigenvalue weighted by molar-refractivity contribution is 0.0344. The van der Waals surface area contributed by atoms with E-state index in [2.05, 4.69) is 5.32 Å². The van der Waals surface area contributed by atoms with E-state index >= 15 is 0 Å². The fraction of sp³-hybridized carbons (Fsp3) is 0.500. The van der Waals surface area contributed by atoms with Gasteiger partial charge in [0.05, 0.1) is 5.60 Å². The summed E-state index contributed by atoms with van der Waals surface area (Å²) in [6.45, 7) is 6.83. The van der Waals surface area contributed by atoms with Gasteiger partial charge in [-0.15, -0.1) is 0 Å². The number of methoxy groups -OCH3 is 1. The Morgan fingerprint density at radius 1 is 1.40 bits per heavy atom. The topological polar surface area (TPSA) is 47.3 Å². The molecule has 0 fully saturated rings. The molecule has 0 radical (unpaired) electrons. The lowest BCUT2D eigenvalue weighted by Crippen LogP contribution is -2.32. The Kier molecular flexibility index (Phi) is 3.58. The molecule has 0 aromatic heterocycles. The summed E-state index contributed by atoms with van der Waals surface area (Å²) in [5, 5.41) is 3.30. The highest BCUT2D eigenvalue weighted by atomic mass is 16.5.